The molecule has 0 atom stereocenters. The van der Waals surface area contributed by atoms with E-state index in [4.69, 9.17) is 4.74 Å². The summed E-state index contributed by atoms with van der Waals surface area (Å²) in [5, 5.41) is 0. The molecule has 2 rings (SSSR count). The topological polar surface area (TPSA) is 80.3 Å². The van der Waals surface area contributed by atoms with Gasteiger partial charge in [0.05, 0.1) is 12.2 Å². The van der Waals surface area contributed by atoms with E-state index in [0.29, 0.717) is 17.7 Å². The SMILES string of the molecule is COCc1cccc(C(=O)NNC(=O)c2cccnc2)c1. The Kier molecular flexibility index (Phi) is 5.00. The molecule has 6 heteroatoms. The zero-order valence-electron chi connectivity index (χ0n) is 11.5. The second-order valence-electron chi connectivity index (χ2n) is 4.28. The summed E-state index contributed by atoms with van der Waals surface area (Å²) in [6.07, 6.45) is 2.98. The molecular weight excluding hydrogens is 270 g/mol. The Balaban J connectivity index is 1.96. The van der Waals surface area contributed by atoms with Crippen molar-refractivity contribution in [1.82, 2.24) is 15.8 Å². The van der Waals surface area contributed by atoms with E-state index in [-0.39, 0.29) is 0 Å². The Bertz CT molecular complexity index is 629. The van der Waals surface area contributed by atoms with Gasteiger partial charge in [0.2, 0.25) is 0 Å². The van der Waals surface area contributed by atoms with Crippen LogP contribution >= 0.6 is 0 Å². The Hall–Kier alpha value is -2.73. The molecule has 0 saturated heterocycles. The number of rotatable bonds is 4. The molecule has 0 saturated carbocycles. The van der Waals surface area contributed by atoms with E-state index in [1.807, 2.05) is 6.07 Å². The summed E-state index contributed by atoms with van der Waals surface area (Å²) in [4.78, 5) is 27.6. The number of carbonyl (C=O) groups is 2. The number of amides is 2. The van der Waals surface area contributed by atoms with Crippen LogP contribution in [0.4, 0.5) is 0 Å². The predicted molar refractivity (Wildman–Crippen MR) is 76.3 cm³/mol. The Morgan fingerprint density at radius 2 is 1.81 bits per heavy atom. The van der Waals surface area contributed by atoms with Crippen molar-refractivity contribution in [3.8, 4) is 0 Å². The molecule has 0 aliphatic carbocycles. The van der Waals surface area contributed by atoms with Gasteiger partial charge >= 0.3 is 0 Å². The third-order valence-corrected chi connectivity index (χ3v) is 2.71. The van der Waals surface area contributed by atoms with Gasteiger partial charge in [-0.25, -0.2) is 0 Å². The van der Waals surface area contributed by atoms with Gasteiger partial charge in [-0.1, -0.05) is 12.1 Å². The first kappa shape index (κ1) is 14.7. The summed E-state index contributed by atoms with van der Waals surface area (Å²) in [7, 11) is 1.58. The van der Waals surface area contributed by atoms with Crippen LogP contribution in [-0.4, -0.2) is 23.9 Å². The van der Waals surface area contributed by atoms with Gasteiger partial charge in [0.25, 0.3) is 11.8 Å². The average Bonchev–Trinajstić information content (AvgIpc) is 2.53. The van der Waals surface area contributed by atoms with Crippen LogP contribution in [0.3, 0.4) is 0 Å². The fraction of sp³-hybridized carbons (Fsp3) is 0.133. The van der Waals surface area contributed by atoms with Crippen LogP contribution in [0.5, 0.6) is 0 Å². The minimum atomic E-state index is -0.426. The molecule has 21 heavy (non-hydrogen) atoms. The van der Waals surface area contributed by atoms with Gasteiger partial charge in [0.1, 0.15) is 0 Å². The predicted octanol–water partition coefficient (Wildman–Crippen LogP) is 1.30. The van der Waals surface area contributed by atoms with Gasteiger partial charge in [-0.2, -0.15) is 0 Å². The number of hydrogen-bond donors (Lipinski definition) is 2. The highest BCUT2D eigenvalue weighted by atomic mass is 16.5. The zero-order chi connectivity index (χ0) is 15.1. The van der Waals surface area contributed by atoms with Crippen molar-refractivity contribution in [1.29, 1.82) is 0 Å². The number of benzene rings is 1. The smallest absolute Gasteiger partial charge is 0.271 e. The minimum Gasteiger partial charge on any atom is -0.380 e. The molecule has 0 aliphatic heterocycles. The van der Waals surface area contributed by atoms with Gasteiger partial charge in [0.15, 0.2) is 0 Å². The number of nitrogens with zero attached hydrogens (tertiary/aromatic N) is 1. The summed E-state index contributed by atoms with van der Waals surface area (Å²) in [5.41, 5.74) is 6.38. The second kappa shape index (κ2) is 7.16. The standard InChI is InChI=1S/C15H15N3O3/c1-21-10-11-4-2-5-12(8-11)14(19)17-18-15(20)13-6-3-7-16-9-13/h2-9H,10H2,1H3,(H,17,19)(H,18,20). The summed E-state index contributed by atoms with van der Waals surface area (Å²) in [6.45, 7) is 0.420. The molecule has 0 fully saturated rings. The number of pyridine rings is 1. The van der Waals surface area contributed by atoms with Crippen LogP contribution < -0.4 is 10.9 Å². The second-order valence-corrected chi connectivity index (χ2v) is 4.28. The fourth-order valence-electron chi connectivity index (χ4n) is 1.72. The van der Waals surface area contributed by atoms with Gasteiger partial charge < -0.3 is 4.74 Å². The van der Waals surface area contributed by atoms with Crippen LogP contribution in [0.2, 0.25) is 0 Å². The van der Waals surface area contributed by atoms with Crippen molar-refractivity contribution in [3.63, 3.8) is 0 Å². The van der Waals surface area contributed by atoms with Gasteiger partial charge in [-0.15, -0.1) is 0 Å². The number of ether oxygens (including phenoxy) is 1. The minimum absolute atomic E-state index is 0.367. The fourth-order valence-corrected chi connectivity index (χ4v) is 1.72. The molecule has 108 valence electrons. The Morgan fingerprint density at radius 1 is 1.10 bits per heavy atom. The Labute approximate surface area is 122 Å². The molecule has 0 bridgehead atoms. The molecule has 1 heterocycles. The van der Waals surface area contributed by atoms with Crippen LogP contribution in [0.25, 0.3) is 0 Å². The molecule has 6 nitrogen and oxygen atoms in total. The molecule has 0 spiro atoms. The molecule has 2 aromatic rings. The summed E-state index contributed by atoms with van der Waals surface area (Å²) in [5.74, 6) is -0.824. The third kappa shape index (κ3) is 4.12. The first-order valence-corrected chi connectivity index (χ1v) is 6.29. The lowest BCUT2D eigenvalue weighted by atomic mass is 10.1. The van der Waals surface area contributed by atoms with Crippen LogP contribution in [0.15, 0.2) is 48.8 Å². The third-order valence-electron chi connectivity index (χ3n) is 2.71. The van der Waals surface area contributed by atoms with Crippen molar-refractivity contribution >= 4 is 11.8 Å². The highest BCUT2D eigenvalue weighted by molar-refractivity contribution is 5.98. The molecule has 0 unspecified atom stereocenters. The van der Waals surface area contributed by atoms with Crippen LogP contribution in [-0.2, 0) is 11.3 Å². The highest BCUT2D eigenvalue weighted by Gasteiger charge is 2.09. The zero-order valence-corrected chi connectivity index (χ0v) is 11.5. The van der Waals surface area contributed by atoms with Crippen LogP contribution in [0, 0.1) is 0 Å². The maximum absolute atomic E-state index is 12.0. The number of methoxy groups -OCH3 is 1. The van der Waals surface area contributed by atoms with E-state index >= 15 is 0 Å². The molecule has 2 N–H and O–H groups in total. The maximum Gasteiger partial charge on any atom is 0.271 e. The van der Waals surface area contributed by atoms with E-state index in [2.05, 4.69) is 15.8 Å². The van der Waals surface area contributed by atoms with Crippen molar-refractivity contribution in [3.05, 3.63) is 65.5 Å². The lowest BCUT2D eigenvalue weighted by Gasteiger charge is -2.08. The van der Waals surface area contributed by atoms with E-state index in [9.17, 15) is 9.59 Å². The summed E-state index contributed by atoms with van der Waals surface area (Å²) in [6, 6.07) is 10.2. The number of nitrogens with one attached hydrogen (secondary N) is 2. The lowest BCUT2D eigenvalue weighted by Crippen LogP contribution is -2.41. The van der Waals surface area contributed by atoms with Crippen molar-refractivity contribution in [2.24, 2.45) is 0 Å². The monoisotopic (exact) mass is 285 g/mol. The maximum atomic E-state index is 12.0. The van der Waals surface area contributed by atoms with E-state index in [1.165, 1.54) is 6.20 Å². The van der Waals surface area contributed by atoms with Gasteiger partial charge in [-0.05, 0) is 29.8 Å². The first-order chi connectivity index (χ1) is 10.2. The number of hydrogen-bond acceptors (Lipinski definition) is 4. The first-order valence-electron chi connectivity index (χ1n) is 6.29. The van der Waals surface area contributed by atoms with Crippen molar-refractivity contribution in [2.75, 3.05) is 7.11 Å². The lowest BCUT2D eigenvalue weighted by molar-refractivity contribution is 0.0846. The van der Waals surface area contributed by atoms with Crippen molar-refractivity contribution < 1.29 is 14.3 Å². The Morgan fingerprint density at radius 3 is 2.48 bits per heavy atom. The summed E-state index contributed by atoms with van der Waals surface area (Å²) >= 11 is 0. The highest BCUT2D eigenvalue weighted by Crippen LogP contribution is 2.06. The van der Waals surface area contributed by atoms with Crippen LogP contribution in [0.1, 0.15) is 26.3 Å². The average molecular weight is 285 g/mol. The molecule has 1 aromatic carbocycles. The largest absolute Gasteiger partial charge is 0.380 e. The van der Waals surface area contributed by atoms with E-state index in [1.54, 1.807) is 43.6 Å². The molecule has 0 radical (unpaired) electrons. The van der Waals surface area contributed by atoms with Gasteiger partial charge in [-0.3, -0.25) is 25.4 Å². The number of hydrazine groups is 1. The molecule has 2 amide bonds. The quantitative estimate of drug-likeness (QED) is 0.830. The molecule has 1 aromatic heterocycles. The normalized spacial score (nSPS) is 9.95. The number of aromatic nitrogens is 1. The molecular formula is C15H15N3O3. The van der Waals surface area contributed by atoms with E-state index < -0.39 is 11.8 Å². The number of carbonyl (C=O) groups excluding carboxylic acids is 2. The summed E-state index contributed by atoms with van der Waals surface area (Å²) < 4.78 is 5.01. The van der Waals surface area contributed by atoms with Crippen molar-refractivity contribution in [2.45, 2.75) is 6.61 Å². The van der Waals surface area contributed by atoms with E-state index in [0.717, 1.165) is 5.56 Å². The molecule has 0 aliphatic rings. The van der Waals surface area contributed by atoms with Gasteiger partial charge in [0, 0.05) is 25.1 Å².